The minimum atomic E-state index is -0.0840. The second-order valence-corrected chi connectivity index (χ2v) is 3.85. The first kappa shape index (κ1) is 12.1. The molecule has 0 bridgehead atoms. The van der Waals surface area contributed by atoms with Gasteiger partial charge in [-0.2, -0.15) is 4.99 Å². The lowest BCUT2D eigenvalue weighted by Crippen LogP contribution is -2.17. The summed E-state index contributed by atoms with van der Waals surface area (Å²) < 4.78 is 0. The van der Waals surface area contributed by atoms with E-state index >= 15 is 0 Å². The van der Waals surface area contributed by atoms with Crippen LogP contribution in [-0.4, -0.2) is 12.0 Å². The molecule has 4 heteroatoms. The highest BCUT2D eigenvalue weighted by molar-refractivity contribution is 5.92. The van der Waals surface area contributed by atoms with Crippen molar-refractivity contribution in [3.8, 4) is 0 Å². The average molecular weight is 218 g/mol. The van der Waals surface area contributed by atoms with Gasteiger partial charge in [-0.1, -0.05) is 19.9 Å². The van der Waals surface area contributed by atoms with Gasteiger partial charge in [-0.05, 0) is 24.6 Å². The minimum Gasteiger partial charge on any atom is -0.326 e. The summed E-state index contributed by atoms with van der Waals surface area (Å²) in [5, 5.41) is 2.74. The molecule has 1 N–H and O–H groups in total. The van der Waals surface area contributed by atoms with Crippen LogP contribution in [0.1, 0.15) is 19.4 Å². The van der Waals surface area contributed by atoms with Gasteiger partial charge >= 0.3 is 0 Å². The summed E-state index contributed by atoms with van der Waals surface area (Å²) in [5.41, 5.74) is 2.03. The molecule has 0 aliphatic heterocycles. The molecule has 0 fully saturated rings. The average Bonchev–Trinajstić information content (AvgIpc) is 2.23. The SMILES string of the molecule is Cc1ccc(NC(=O)C(C)C)cc1N=C=O. The molecule has 0 radical (unpaired) electrons. The van der Waals surface area contributed by atoms with Crippen LogP contribution in [0.25, 0.3) is 0 Å². The molecule has 0 spiro atoms. The molecular weight excluding hydrogens is 204 g/mol. The zero-order chi connectivity index (χ0) is 12.1. The molecular formula is C12H14N2O2. The van der Waals surface area contributed by atoms with Crippen molar-refractivity contribution in [1.82, 2.24) is 0 Å². The van der Waals surface area contributed by atoms with Crippen molar-refractivity contribution >= 4 is 23.4 Å². The maximum atomic E-state index is 11.4. The van der Waals surface area contributed by atoms with E-state index < -0.39 is 0 Å². The van der Waals surface area contributed by atoms with E-state index in [0.717, 1.165) is 5.56 Å². The fraction of sp³-hybridized carbons (Fsp3) is 0.333. The first-order valence-corrected chi connectivity index (χ1v) is 5.04. The Hall–Kier alpha value is -1.93. The number of carbonyl (C=O) groups excluding carboxylic acids is 2. The van der Waals surface area contributed by atoms with Crippen LogP contribution < -0.4 is 5.32 Å². The van der Waals surface area contributed by atoms with E-state index in [9.17, 15) is 9.59 Å². The second-order valence-electron chi connectivity index (χ2n) is 3.85. The van der Waals surface area contributed by atoms with Crippen molar-refractivity contribution in [1.29, 1.82) is 0 Å². The molecule has 1 amide bonds. The van der Waals surface area contributed by atoms with E-state index in [1.54, 1.807) is 18.2 Å². The van der Waals surface area contributed by atoms with Crippen molar-refractivity contribution in [2.24, 2.45) is 10.9 Å². The highest BCUT2D eigenvalue weighted by atomic mass is 16.1. The summed E-state index contributed by atoms with van der Waals surface area (Å²) in [5.74, 6) is -0.149. The standard InChI is InChI=1S/C12H14N2O2/c1-8(2)12(16)14-10-5-4-9(3)11(6-10)13-7-15/h4-6,8H,1-3H3,(H,14,16). The summed E-state index contributed by atoms with van der Waals surface area (Å²) in [4.78, 5) is 25.2. The van der Waals surface area contributed by atoms with Gasteiger partial charge in [-0.3, -0.25) is 4.79 Å². The number of anilines is 1. The number of nitrogens with one attached hydrogen (secondary N) is 1. The second kappa shape index (κ2) is 5.24. The Kier molecular flexibility index (Phi) is 3.97. The van der Waals surface area contributed by atoms with E-state index in [1.807, 2.05) is 20.8 Å². The lowest BCUT2D eigenvalue weighted by molar-refractivity contribution is -0.118. The third kappa shape index (κ3) is 3.04. The summed E-state index contributed by atoms with van der Waals surface area (Å²) in [6.45, 7) is 5.46. The van der Waals surface area contributed by atoms with E-state index in [1.165, 1.54) is 6.08 Å². The van der Waals surface area contributed by atoms with Crippen LogP contribution in [0.5, 0.6) is 0 Å². The smallest absolute Gasteiger partial charge is 0.240 e. The topological polar surface area (TPSA) is 58.5 Å². The Labute approximate surface area is 94.4 Å². The maximum absolute atomic E-state index is 11.4. The number of aliphatic imine (C=N–C) groups is 1. The molecule has 0 saturated heterocycles. The number of carbonyl (C=O) groups is 1. The minimum absolute atomic E-state index is 0.0649. The molecule has 84 valence electrons. The van der Waals surface area contributed by atoms with Crippen molar-refractivity contribution in [3.63, 3.8) is 0 Å². The Morgan fingerprint density at radius 1 is 1.44 bits per heavy atom. The van der Waals surface area contributed by atoms with E-state index in [-0.39, 0.29) is 11.8 Å². The van der Waals surface area contributed by atoms with Crippen LogP contribution in [0, 0.1) is 12.8 Å². The molecule has 1 aromatic rings. The lowest BCUT2D eigenvalue weighted by Gasteiger charge is -2.08. The highest BCUT2D eigenvalue weighted by Crippen LogP contribution is 2.22. The zero-order valence-electron chi connectivity index (χ0n) is 9.57. The van der Waals surface area contributed by atoms with Gasteiger partial charge in [-0.25, -0.2) is 4.79 Å². The molecule has 1 aromatic carbocycles. The Morgan fingerprint density at radius 3 is 2.69 bits per heavy atom. The molecule has 4 nitrogen and oxygen atoms in total. The van der Waals surface area contributed by atoms with E-state index in [4.69, 9.17) is 0 Å². The largest absolute Gasteiger partial charge is 0.326 e. The van der Waals surface area contributed by atoms with Gasteiger partial charge in [0, 0.05) is 11.6 Å². The van der Waals surface area contributed by atoms with Crippen LogP contribution in [0.3, 0.4) is 0 Å². The molecule has 0 atom stereocenters. The third-order valence-electron chi connectivity index (χ3n) is 2.17. The van der Waals surface area contributed by atoms with Gasteiger partial charge in [-0.15, -0.1) is 0 Å². The van der Waals surface area contributed by atoms with Crippen LogP contribution in [0.15, 0.2) is 23.2 Å². The summed E-state index contributed by atoms with van der Waals surface area (Å²) in [6.07, 6.45) is 1.49. The number of benzene rings is 1. The number of amides is 1. The number of hydrogen-bond donors (Lipinski definition) is 1. The van der Waals surface area contributed by atoms with Crippen molar-refractivity contribution < 1.29 is 9.59 Å². The number of nitrogens with zero attached hydrogens (tertiary/aromatic N) is 1. The predicted octanol–water partition coefficient (Wildman–Crippen LogP) is 2.56. The van der Waals surface area contributed by atoms with E-state index in [2.05, 4.69) is 10.3 Å². The Balaban J connectivity index is 2.95. The first-order valence-electron chi connectivity index (χ1n) is 5.04. The molecule has 0 aliphatic rings. The molecule has 0 aliphatic carbocycles. The van der Waals surface area contributed by atoms with Crippen LogP contribution in [-0.2, 0) is 9.59 Å². The number of rotatable bonds is 3. The fourth-order valence-electron chi connectivity index (χ4n) is 1.14. The zero-order valence-corrected chi connectivity index (χ0v) is 9.57. The van der Waals surface area contributed by atoms with Gasteiger partial charge in [0.2, 0.25) is 12.0 Å². The third-order valence-corrected chi connectivity index (χ3v) is 2.17. The Bertz CT molecular complexity index is 446. The number of aryl methyl sites for hydroxylation is 1. The summed E-state index contributed by atoms with van der Waals surface area (Å²) in [6, 6.07) is 5.23. The van der Waals surface area contributed by atoms with Gasteiger partial charge < -0.3 is 5.32 Å². The van der Waals surface area contributed by atoms with Crippen molar-refractivity contribution in [2.75, 3.05) is 5.32 Å². The van der Waals surface area contributed by atoms with Crippen molar-refractivity contribution in [2.45, 2.75) is 20.8 Å². The number of hydrogen-bond acceptors (Lipinski definition) is 3. The monoisotopic (exact) mass is 218 g/mol. The van der Waals surface area contributed by atoms with Gasteiger partial charge in [0.25, 0.3) is 0 Å². The fourth-order valence-corrected chi connectivity index (χ4v) is 1.14. The molecule has 1 rings (SSSR count). The van der Waals surface area contributed by atoms with Gasteiger partial charge in [0.05, 0.1) is 5.69 Å². The Morgan fingerprint density at radius 2 is 2.12 bits per heavy atom. The van der Waals surface area contributed by atoms with Crippen LogP contribution in [0.4, 0.5) is 11.4 Å². The molecule has 0 unspecified atom stereocenters. The van der Waals surface area contributed by atoms with Gasteiger partial charge in [0.1, 0.15) is 0 Å². The first-order chi connectivity index (χ1) is 7.54. The molecule has 0 heterocycles. The lowest BCUT2D eigenvalue weighted by atomic mass is 10.1. The maximum Gasteiger partial charge on any atom is 0.240 e. The quantitative estimate of drug-likeness (QED) is 0.626. The van der Waals surface area contributed by atoms with E-state index in [0.29, 0.717) is 11.4 Å². The molecule has 0 aromatic heterocycles. The molecule has 16 heavy (non-hydrogen) atoms. The number of isocyanates is 1. The van der Waals surface area contributed by atoms with Crippen LogP contribution in [0.2, 0.25) is 0 Å². The van der Waals surface area contributed by atoms with Crippen LogP contribution >= 0.6 is 0 Å². The highest BCUT2D eigenvalue weighted by Gasteiger charge is 2.07. The molecule has 0 saturated carbocycles. The van der Waals surface area contributed by atoms with Crippen molar-refractivity contribution in [3.05, 3.63) is 23.8 Å². The summed E-state index contributed by atoms with van der Waals surface area (Å²) >= 11 is 0. The predicted molar refractivity (Wildman–Crippen MR) is 62.4 cm³/mol. The summed E-state index contributed by atoms with van der Waals surface area (Å²) in [7, 11) is 0. The van der Waals surface area contributed by atoms with Gasteiger partial charge in [0.15, 0.2) is 0 Å². The normalized spacial score (nSPS) is 9.75.